The van der Waals surface area contributed by atoms with Crippen molar-refractivity contribution in [1.82, 2.24) is 0 Å². The van der Waals surface area contributed by atoms with Crippen LogP contribution in [0.3, 0.4) is 0 Å². The van der Waals surface area contributed by atoms with Gasteiger partial charge in [0.05, 0.1) is 31.8 Å². The van der Waals surface area contributed by atoms with Crippen LogP contribution in [0, 0.1) is 34.5 Å². The molecule has 2 heterocycles. The molecule has 2 aliphatic heterocycles. The van der Waals surface area contributed by atoms with E-state index in [1.165, 1.54) is 12.2 Å². The van der Waals surface area contributed by atoms with Crippen molar-refractivity contribution in [3.8, 4) is 0 Å². The number of aliphatic hydroxyl groups excluding tert-OH is 3. The summed E-state index contributed by atoms with van der Waals surface area (Å²) in [5, 5.41) is 33.7. The Kier molecular flexibility index (Phi) is 5.68. The first-order valence-corrected chi connectivity index (χ1v) is 12.4. The molecule has 2 bridgehead atoms. The van der Waals surface area contributed by atoms with Gasteiger partial charge in [0.25, 0.3) is 0 Å². The maximum Gasteiger partial charge on any atom is 0.348 e. The van der Waals surface area contributed by atoms with E-state index < -0.39 is 101 Å². The van der Waals surface area contributed by atoms with E-state index in [2.05, 4.69) is 0 Å². The van der Waals surface area contributed by atoms with Crippen molar-refractivity contribution in [3.63, 3.8) is 0 Å². The number of aliphatic hydroxyl groups is 3. The standard InChI is InChI=1S/C26H32O11/c1-10(2)6-15(28)37-18-20-25(23(33)34-5)9-35-26(20)14(36-22(18)32)7-12-11(3)16(29)13(27)8-24(12,4)19(26)17(30)21(25)31/h6,8,11-12,14,17-21,27,30-31H,7,9H2,1-5H3. The number of rotatable bonds is 3. The van der Waals surface area contributed by atoms with Gasteiger partial charge in [-0.1, -0.05) is 19.4 Å². The van der Waals surface area contributed by atoms with Gasteiger partial charge in [-0.25, -0.2) is 9.59 Å². The number of hydrogen-bond acceptors (Lipinski definition) is 11. The van der Waals surface area contributed by atoms with Gasteiger partial charge in [-0.2, -0.15) is 0 Å². The Morgan fingerprint density at radius 1 is 1.19 bits per heavy atom. The van der Waals surface area contributed by atoms with Crippen molar-refractivity contribution >= 4 is 23.7 Å². The number of fused-ring (bicyclic) bond motifs is 2. The molecule has 5 aliphatic rings. The molecule has 1 spiro atoms. The second kappa shape index (κ2) is 8.12. The molecule has 0 aromatic rings. The first kappa shape index (κ1) is 25.9. The molecule has 5 rings (SSSR count). The van der Waals surface area contributed by atoms with Crippen LogP contribution in [0.1, 0.15) is 34.1 Å². The average molecular weight is 521 g/mol. The van der Waals surface area contributed by atoms with Crippen molar-refractivity contribution in [2.45, 2.75) is 64.1 Å². The monoisotopic (exact) mass is 520 g/mol. The van der Waals surface area contributed by atoms with Crippen LogP contribution >= 0.6 is 0 Å². The highest BCUT2D eigenvalue weighted by Gasteiger charge is 2.85. The molecular weight excluding hydrogens is 488 g/mol. The second-order valence-electron chi connectivity index (χ2n) is 11.5. The molecular formula is C26H32O11. The van der Waals surface area contributed by atoms with Gasteiger partial charge in [0.2, 0.25) is 6.10 Å². The summed E-state index contributed by atoms with van der Waals surface area (Å²) in [6.07, 6.45) is -3.36. The van der Waals surface area contributed by atoms with Gasteiger partial charge in [-0.3, -0.25) is 9.59 Å². The summed E-state index contributed by atoms with van der Waals surface area (Å²) in [5.74, 6) is -7.12. The summed E-state index contributed by atoms with van der Waals surface area (Å²) < 4.78 is 22.8. The number of allylic oxidation sites excluding steroid dienone is 3. The Morgan fingerprint density at radius 2 is 1.86 bits per heavy atom. The average Bonchev–Trinajstić information content (AvgIpc) is 3.12. The molecule has 3 aliphatic carbocycles. The minimum atomic E-state index is -1.94. The van der Waals surface area contributed by atoms with Crippen molar-refractivity contribution in [1.29, 1.82) is 0 Å². The summed E-state index contributed by atoms with van der Waals surface area (Å²) >= 11 is 0. The molecule has 0 radical (unpaired) electrons. The van der Waals surface area contributed by atoms with Crippen LogP contribution in [0.15, 0.2) is 23.5 Å². The smallest absolute Gasteiger partial charge is 0.348 e. The van der Waals surface area contributed by atoms with Crippen LogP contribution in [0.4, 0.5) is 0 Å². The lowest BCUT2D eigenvalue weighted by Gasteiger charge is -2.66. The number of ketones is 1. The first-order chi connectivity index (χ1) is 17.3. The minimum absolute atomic E-state index is 0.126. The number of carbonyl (C=O) groups is 4. The Balaban J connectivity index is 1.75. The Hall–Kier alpha value is -2.76. The fourth-order valence-corrected chi connectivity index (χ4v) is 8.10. The Morgan fingerprint density at radius 3 is 2.49 bits per heavy atom. The molecule has 11 heteroatoms. The molecule has 11 nitrogen and oxygen atoms in total. The predicted octanol–water partition coefficient (Wildman–Crippen LogP) is 0.373. The number of ether oxygens (including phenoxy) is 4. The van der Waals surface area contributed by atoms with Gasteiger partial charge in [-0.05, 0) is 32.3 Å². The van der Waals surface area contributed by atoms with E-state index in [0.29, 0.717) is 5.57 Å². The van der Waals surface area contributed by atoms with E-state index in [1.807, 2.05) is 0 Å². The normalized spacial score (nSPS) is 47.6. The van der Waals surface area contributed by atoms with E-state index in [0.717, 1.165) is 7.11 Å². The SMILES string of the molecule is COC(=O)C12COC34C(CC5C(C)C(=O)C(O)=CC5(C)C3C(O)C1O)OC(=O)C(OC(=O)C=C(C)C)C24. The summed E-state index contributed by atoms with van der Waals surface area (Å²) in [4.78, 5) is 52.0. The number of esters is 3. The van der Waals surface area contributed by atoms with E-state index in [4.69, 9.17) is 18.9 Å². The second-order valence-corrected chi connectivity index (χ2v) is 11.5. The Labute approximate surface area is 213 Å². The Bertz CT molecular complexity index is 1140. The third-order valence-electron chi connectivity index (χ3n) is 9.45. The highest BCUT2D eigenvalue weighted by molar-refractivity contribution is 5.96. The lowest BCUT2D eigenvalue weighted by atomic mass is 9.40. The molecule has 37 heavy (non-hydrogen) atoms. The van der Waals surface area contributed by atoms with Gasteiger partial charge in [0.15, 0.2) is 11.5 Å². The molecule has 11 unspecified atom stereocenters. The number of hydrogen-bond donors (Lipinski definition) is 3. The van der Waals surface area contributed by atoms with Crippen LogP contribution in [0.2, 0.25) is 0 Å². The molecule has 3 N–H and O–H groups in total. The van der Waals surface area contributed by atoms with E-state index >= 15 is 0 Å². The molecule has 2 saturated carbocycles. The molecule has 202 valence electrons. The van der Waals surface area contributed by atoms with Crippen molar-refractivity contribution in [2.24, 2.45) is 34.5 Å². The molecule has 0 aromatic carbocycles. The van der Waals surface area contributed by atoms with E-state index in [1.54, 1.807) is 27.7 Å². The summed E-state index contributed by atoms with van der Waals surface area (Å²) in [7, 11) is 1.11. The van der Waals surface area contributed by atoms with Gasteiger partial charge < -0.3 is 34.3 Å². The third kappa shape index (κ3) is 3.04. The third-order valence-corrected chi connectivity index (χ3v) is 9.45. The zero-order valence-corrected chi connectivity index (χ0v) is 21.3. The fourth-order valence-electron chi connectivity index (χ4n) is 8.10. The van der Waals surface area contributed by atoms with E-state index in [-0.39, 0.29) is 6.42 Å². The molecule has 4 fully saturated rings. The highest BCUT2D eigenvalue weighted by Crippen LogP contribution is 2.71. The van der Waals surface area contributed by atoms with Crippen LogP contribution in [-0.4, -0.2) is 82.7 Å². The van der Waals surface area contributed by atoms with Crippen molar-refractivity contribution < 1.29 is 53.4 Å². The topological polar surface area (TPSA) is 166 Å². The summed E-state index contributed by atoms with van der Waals surface area (Å²) in [6, 6.07) is 0. The zero-order chi connectivity index (χ0) is 27.2. The van der Waals surface area contributed by atoms with Crippen molar-refractivity contribution in [3.05, 3.63) is 23.5 Å². The lowest BCUT2D eigenvalue weighted by Crippen LogP contribution is -2.80. The number of methoxy groups -OCH3 is 1. The first-order valence-electron chi connectivity index (χ1n) is 12.4. The van der Waals surface area contributed by atoms with Gasteiger partial charge >= 0.3 is 17.9 Å². The number of Topliss-reactive ketones (excluding diaryl/α,β-unsaturated/α-hetero) is 1. The molecule has 2 saturated heterocycles. The van der Waals surface area contributed by atoms with Crippen molar-refractivity contribution in [2.75, 3.05) is 13.7 Å². The maximum atomic E-state index is 13.4. The van der Waals surface area contributed by atoms with E-state index in [9.17, 15) is 34.5 Å². The maximum absolute atomic E-state index is 13.4. The van der Waals surface area contributed by atoms with Crippen LogP contribution in [0.25, 0.3) is 0 Å². The van der Waals surface area contributed by atoms with Crippen LogP contribution in [0.5, 0.6) is 0 Å². The zero-order valence-electron chi connectivity index (χ0n) is 21.3. The quantitative estimate of drug-likeness (QED) is 0.267. The lowest BCUT2D eigenvalue weighted by molar-refractivity contribution is -0.305. The molecule has 11 atom stereocenters. The molecule has 0 aromatic heterocycles. The number of carbonyl (C=O) groups excluding carboxylic acids is 4. The van der Waals surface area contributed by atoms with Gasteiger partial charge in [-0.15, -0.1) is 0 Å². The van der Waals surface area contributed by atoms with Gasteiger partial charge in [0.1, 0.15) is 17.1 Å². The summed E-state index contributed by atoms with van der Waals surface area (Å²) in [5.41, 5.74) is -4.03. The molecule has 0 amide bonds. The largest absolute Gasteiger partial charge is 0.505 e. The fraction of sp³-hybridized carbons (Fsp3) is 0.692. The van der Waals surface area contributed by atoms with Crippen LogP contribution < -0.4 is 0 Å². The summed E-state index contributed by atoms with van der Waals surface area (Å²) in [6.45, 7) is 6.31. The van der Waals surface area contributed by atoms with Gasteiger partial charge in [0, 0.05) is 23.3 Å². The predicted molar refractivity (Wildman–Crippen MR) is 122 cm³/mol. The minimum Gasteiger partial charge on any atom is -0.505 e. The van der Waals surface area contributed by atoms with Crippen LogP contribution in [-0.2, 0) is 38.1 Å². The highest BCUT2D eigenvalue weighted by atomic mass is 16.6.